The first-order valence-corrected chi connectivity index (χ1v) is 11.0. The van der Waals surface area contributed by atoms with Crippen LogP contribution in [0.2, 0.25) is 0 Å². The van der Waals surface area contributed by atoms with Crippen molar-refractivity contribution in [3.05, 3.63) is 35.4 Å². The molecule has 1 N–H and O–H groups in total. The van der Waals surface area contributed by atoms with Crippen LogP contribution in [0.15, 0.2) is 24.3 Å². The van der Waals surface area contributed by atoms with E-state index >= 15 is 0 Å². The summed E-state index contributed by atoms with van der Waals surface area (Å²) in [6.45, 7) is 7.40. The number of esters is 1. The van der Waals surface area contributed by atoms with Crippen LogP contribution in [0.25, 0.3) is 0 Å². The highest BCUT2D eigenvalue weighted by molar-refractivity contribution is 7.99. The summed E-state index contributed by atoms with van der Waals surface area (Å²) in [6, 6.07) is 5.92. The fourth-order valence-corrected chi connectivity index (χ4v) is 3.78. The van der Waals surface area contributed by atoms with E-state index in [4.69, 9.17) is 9.47 Å². The molecule has 3 amide bonds. The van der Waals surface area contributed by atoms with Crippen molar-refractivity contribution in [3.63, 3.8) is 0 Å². The van der Waals surface area contributed by atoms with E-state index in [2.05, 4.69) is 5.32 Å². The number of hydrogen-bond acceptors (Lipinski definition) is 7. The molecule has 0 unspecified atom stereocenters. The molecule has 30 heavy (non-hydrogen) atoms. The standard InChI is InChI=1S/C21H28N2O6S/c1-5-28-19(26)16(22-20(27)29-21(2,3)4)13-30-12-8-11-23-17(24)14-9-6-7-10-15(14)18(23)25/h6-7,9-10,16H,5,8,11-13H2,1-4H3,(H,22,27)/t16-/m0/s1. The van der Waals surface area contributed by atoms with Crippen LogP contribution >= 0.6 is 11.8 Å². The summed E-state index contributed by atoms with van der Waals surface area (Å²) in [5.41, 5.74) is 0.182. The van der Waals surface area contributed by atoms with Crippen LogP contribution in [-0.2, 0) is 14.3 Å². The van der Waals surface area contributed by atoms with Crippen molar-refractivity contribution >= 4 is 35.6 Å². The van der Waals surface area contributed by atoms with E-state index in [-0.39, 0.29) is 18.4 Å². The molecular formula is C21H28N2O6S. The molecule has 0 radical (unpaired) electrons. The highest BCUT2D eigenvalue weighted by Crippen LogP contribution is 2.22. The van der Waals surface area contributed by atoms with Crippen LogP contribution in [0.5, 0.6) is 0 Å². The molecule has 9 heteroatoms. The Kier molecular flexibility index (Phi) is 8.28. The van der Waals surface area contributed by atoms with Gasteiger partial charge in [-0.15, -0.1) is 0 Å². The first kappa shape index (κ1) is 23.7. The summed E-state index contributed by atoms with van der Waals surface area (Å²) in [7, 11) is 0. The van der Waals surface area contributed by atoms with Crippen molar-refractivity contribution < 1.29 is 28.7 Å². The molecule has 0 bridgehead atoms. The molecule has 1 aliphatic heterocycles. The number of alkyl carbamates (subject to hydrolysis) is 1. The topological polar surface area (TPSA) is 102 Å². The first-order chi connectivity index (χ1) is 14.1. The Morgan fingerprint density at radius 1 is 1.13 bits per heavy atom. The van der Waals surface area contributed by atoms with Crippen LogP contribution < -0.4 is 5.32 Å². The van der Waals surface area contributed by atoms with E-state index in [0.717, 1.165) is 0 Å². The Hall–Kier alpha value is -2.55. The number of carbonyl (C=O) groups excluding carboxylic acids is 4. The molecule has 0 saturated heterocycles. The maximum absolute atomic E-state index is 12.4. The van der Waals surface area contributed by atoms with E-state index in [1.807, 2.05) is 0 Å². The number of carbonyl (C=O) groups is 4. The van der Waals surface area contributed by atoms with Gasteiger partial charge in [0, 0.05) is 12.3 Å². The number of ether oxygens (including phenoxy) is 2. The smallest absolute Gasteiger partial charge is 0.408 e. The van der Waals surface area contributed by atoms with Gasteiger partial charge in [-0.25, -0.2) is 9.59 Å². The van der Waals surface area contributed by atoms with Crippen molar-refractivity contribution in [1.29, 1.82) is 0 Å². The summed E-state index contributed by atoms with van der Waals surface area (Å²) in [6.07, 6.45) is -0.120. The lowest BCUT2D eigenvalue weighted by atomic mass is 10.1. The Labute approximate surface area is 180 Å². The normalized spacial score (nSPS) is 14.3. The Morgan fingerprint density at radius 3 is 2.27 bits per heavy atom. The highest BCUT2D eigenvalue weighted by Gasteiger charge is 2.34. The summed E-state index contributed by atoms with van der Waals surface area (Å²) >= 11 is 1.42. The maximum atomic E-state index is 12.4. The van der Waals surface area contributed by atoms with E-state index in [1.165, 1.54) is 16.7 Å². The van der Waals surface area contributed by atoms with E-state index in [9.17, 15) is 19.2 Å². The summed E-state index contributed by atoms with van der Waals surface area (Å²) in [5, 5.41) is 2.54. The second kappa shape index (κ2) is 10.5. The van der Waals surface area contributed by atoms with Crippen molar-refractivity contribution in [2.24, 2.45) is 0 Å². The number of hydrogen-bond donors (Lipinski definition) is 1. The molecular weight excluding hydrogens is 408 g/mol. The van der Waals surface area contributed by atoms with Crippen molar-refractivity contribution in [2.45, 2.75) is 45.8 Å². The quantitative estimate of drug-likeness (QED) is 0.361. The molecule has 2 rings (SSSR count). The number of nitrogens with zero attached hydrogens (tertiary/aromatic N) is 1. The number of rotatable bonds is 9. The van der Waals surface area contributed by atoms with Crippen molar-refractivity contribution in [2.75, 3.05) is 24.7 Å². The molecule has 0 aromatic heterocycles. The van der Waals surface area contributed by atoms with Gasteiger partial charge in [0.05, 0.1) is 17.7 Å². The Bertz CT molecular complexity index is 770. The summed E-state index contributed by atoms with van der Waals surface area (Å²) in [4.78, 5) is 50.1. The first-order valence-electron chi connectivity index (χ1n) is 9.83. The number of thioether (sulfide) groups is 1. The molecule has 1 aliphatic rings. The molecule has 8 nitrogen and oxygen atoms in total. The van der Waals surface area contributed by atoms with Crippen LogP contribution in [0.4, 0.5) is 4.79 Å². The molecule has 0 aliphatic carbocycles. The molecule has 1 atom stereocenters. The monoisotopic (exact) mass is 436 g/mol. The molecule has 1 aromatic carbocycles. The zero-order chi connectivity index (χ0) is 22.3. The van der Waals surface area contributed by atoms with Gasteiger partial charge < -0.3 is 14.8 Å². The predicted octanol–water partition coefficient (Wildman–Crippen LogP) is 2.86. The molecule has 1 aromatic rings. The van der Waals surface area contributed by atoms with Crippen LogP contribution in [0, 0.1) is 0 Å². The van der Waals surface area contributed by atoms with Gasteiger partial charge in [-0.2, -0.15) is 11.8 Å². The zero-order valence-corrected chi connectivity index (χ0v) is 18.5. The van der Waals surface area contributed by atoms with Crippen LogP contribution in [0.1, 0.15) is 54.8 Å². The minimum atomic E-state index is -0.843. The average molecular weight is 437 g/mol. The van der Waals surface area contributed by atoms with Gasteiger partial charge in [0.25, 0.3) is 11.8 Å². The number of fused-ring (bicyclic) bond motifs is 1. The van der Waals surface area contributed by atoms with Gasteiger partial charge in [0.1, 0.15) is 11.6 Å². The third-order valence-electron chi connectivity index (χ3n) is 4.10. The van der Waals surface area contributed by atoms with E-state index in [1.54, 1.807) is 52.0 Å². The molecule has 0 saturated carbocycles. The number of amides is 3. The minimum absolute atomic E-state index is 0.204. The van der Waals surface area contributed by atoms with Gasteiger partial charge in [0.15, 0.2) is 0 Å². The second-order valence-electron chi connectivity index (χ2n) is 7.69. The predicted molar refractivity (Wildman–Crippen MR) is 114 cm³/mol. The van der Waals surface area contributed by atoms with E-state index in [0.29, 0.717) is 35.6 Å². The average Bonchev–Trinajstić information content (AvgIpc) is 2.90. The SMILES string of the molecule is CCOC(=O)[C@H](CSCCCN1C(=O)c2ccccc2C1=O)NC(=O)OC(C)(C)C. The van der Waals surface area contributed by atoms with Gasteiger partial charge in [-0.05, 0) is 52.0 Å². The zero-order valence-electron chi connectivity index (χ0n) is 17.7. The molecule has 0 spiro atoms. The Morgan fingerprint density at radius 2 is 1.73 bits per heavy atom. The van der Waals surface area contributed by atoms with Gasteiger partial charge >= 0.3 is 12.1 Å². The Balaban J connectivity index is 1.81. The third kappa shape index (κ3) is 6.48. The summed E-state index contributed by atoms with van der Waals surface area (Å²) in [5.74, 6) is -0.205. The second-order valence-corrected chi connectivity index (χ2v) is 8.84. The number of nitrogens with one attached hydrogen (secondary N) is 1. The van der Waals surface area contributed by atoms with Crippen LogP contribution in [-0.4, -0.2) is 65.1 Å². The highest BCUT2D eigenvalue weighted by atomic mass is 32.2. The third-order valence-corrected chi connectivity index (χ3v) is 5.24. The van der Waals surface area contributed by atoms with E-state index < -0.39 is 23.7 Å². The minimum Gasteiger partial charge on any atom is -0.464 e. The number of benzene rings is 1. The lowest BCUT2D eigenvalue weighted by Crippen LogP contribution is -2.45. The van der Waals surface area contributed by atoms with Gasteiger partial charge in [-0.1, -0.05) is 12.1 Å². The van der Waals surface area contributed by atoms with Crippen LogP contribution in [0.3, 0.4) is 0 Å². The van der Waals surface area contributed by atoms with Crippen molar-refractivity contribution in [1.82, 2.24) is 10.2 Å². The lowest BCUT2D eigenvalue weighted by molar-refractivity contribution is -0.145. The molecule has 164 valence electrons. The summed E-state index contributed by atoms with van der Waals surface area (Å²) < 4.78 is 10.2. The van der Waals surface area contributed by atoms with Crippen molar-refractivity contribution in [3.8, 4) is 0 Å². The van der Waals surface area contributed by atoms with Gasteiger partial charge in [-0.3, -0.25) is 14.5 Å². The largest absolute Gasteiger partial charge is 0.464 e. The maximum Gasteiger partial charge on any atom is 0.408 e. The fraction of sp³-hybridized carbons (Fsp3) is 0.524. The fourth-order valence-electron chi connectivity index (χ4n) is 2.83. The van der Waals surface area contributed by atoms with Gasteiger partial charge in [0.2, 0.25) is 0 Å². The lowest BCUT2D eigenvalue weighted by Gasteiger charge is -2.22. The molecule has 1 heterocycles. The molecule has 0 fully saturated rings. The number of imide groups is 1.